The first-order chi connectivity index (χ1) is 15.0. The number of rotatable bonds is 11. The summed E-state index contributed by atoms with van der Waals surface area (Å²) in [5, 5.41) is 3.80. The molecule has 0 saturated heterocycles. The van der Waals surface area contributed by atoms with Crippen molar-refractivity contribution in [2.45, 2.75) is 18.7 Å². The Balaban J connectivity index is 1.62. The lowest BCUT2D eigenvalue weighted by Gasteiger charge is -2.18. The van der Waals surface area contributed by atoms with Crippen LogP contribution in [0.5, 0.6) is 5.75 Å². The predicted octanol–water partition coefficient (Wildman–Crippen LogP) is 5.14. The van der Waals surface area contributed by atoms with Crippen molar-refractivity contribution in [2.24, 2.45) is 0 Å². The summed E-state index contributed by atoms with van der Waals surface area (Å²) in [5.74, 6) is 0.945. The van der Waals surface area contributed by atoms with Crippen molar-refractivity contribution in [1.29, 1.82) is 0 Å². The van der Waals surface area contributed by atoms with Crippen molar-refractivity contribution in [3.63, 3.8) is 0 Å². The van der Waals surface area contributed by atoms with Crippen LogP contribution in [0.25, 0.3) is 0 Å². The molecule has 8 heteroatoms. The van der Waals surface area contributed by atoms with Crippen molar-refractivity contribution >= 4 is 45.5 Å². The number of hydrogen-bond donors (Lipinski definition) is 2. The van der Waals surface area contributed by atoms with Gasteiger partial charge in [-0.2, -0.15) is 0 Å². The molecular weight excluding hydrogens is 428 g/mol. The lowest BCUT2D eigenvalue weighted by atomic mass is 10.1. The third-order valence-electron chi connectivity index (χ3n) is 4.87. The molecule has 0 aliphatic carbocycles. The van der Waals surface area contributed by atoms with Gasteiger partial charge in [0.05, 0.1) is 0 Å². The fourth-order valence-electron chi connectivity index (χ4n) is 3.03. The highest BCUT2D eigenvalue weighted by molar-refractivity contribution is 7.98. The molecule has 0 aliphatic heterocycles. The van der Waals surface area contributed by atoms with Gasteiger partial charge in [0.25, 0.3) is 0 Å². The molecule has 0 atom stereocenters. The number of hydrogen-bond acceptors (Lipinski definition) is 8. The monoisotopic (exact) mass is 456 g/mol. The third kappa shape index (κ3) is 6.22. The smallest absolute Gasteiger partial charge is 0.206 e. The van der Waals surface area contributed by atoms with Crippen LogP contribution in [0.1, 0.15) is 29.1 Å². The van der Waals surface area contributed by atoms with Gasteiger partial charge in [0.2, 0.25) is 5.78 Å². The fourth-order valence-corrected chi connectivity index (χ4v) is 4.36. The van der Waals surface area contributed by atoms with E-state index in [1.807, 2.05) is 48.7 Å². The van der Waals surface area contributed by atoms with E-state index in [0.29, 0.717) is 22.2 Å². The molecule has 0 unspecified atom stereocenters. The summed E-state index contributed by atoms with van der Waals surface area (Å²) in [5.41, 5.74) is 7.51. The van der Waals surface area contributed by atoms with Crippen LogP contribution in [0, 0.1) is 0 Å². The summed E-state index contributed by atoms with van der Waals surface area (Å²) in [6.07, 6.45) is 1.98. The minimum atomic E-state index is -0.115. The van der Waals surface area contributed by atoms with E-state index in [-0.39, 0.29) is 11.6 Å². The molecule has 0 bridgehead atoms. The highest BCUT2D eigenvalue weighted by Gasteiger charge is 2.18. The number of anilines is 3. The van der Waals surface area contributed by atoms with E-state index < -0.39 is 0 Å². The van der Waals surface area contributed by atoms with E-state index in [0.717, 1.165) is 36.0 Å². The molecule has 164 valence electrons. The second-order valence-electron chi connectivity index (χ2n) is 6.82. The van der Waals surface area contributed by atoms with Crippen LogP contribution >= 0.6 is 23.1 Å². The SMILES string of the molecule is CCN(CC)CCOc1ccc(Nc2nc(N)c(C(=O)c3cccc(SC)c3)s2)cc1. The number of thioether (sulfide) groups is 1. The maximum atomic E-state index is 12.9. The van der Waals surface area contributed by atoms with E-state index >= 15 is 0 Å². The number of ether oxygens (including phenoxy) is 1. The molecule has 0 spiro atoms. The molecule has 0 aliphatic rings. The summed E-state index contributed by atoms with van der Waals surface area (Å²) < 4.78 is 5.82. The van der Waals surface area contributed by atoms with E-state index in [1.54, 1.807) is 17.8 Å². The van der Waals surface area contributed by atoms with Gasteiger partial charge in [-0.15, -0.1) is 11.8 Å². The molecule has 31 heavy (non-hydrogen) atoms. The van der Waals surface area contributed by atoms with E-state index in [4.69, 9.17) is 10.5 Å². The van der Waals surface area contributed by atoms with E-state index in [9.17, 15) is 4.79 Å². The second-order valence-corrected chi connectivity index (χ2v) is 8.70. The summed E-state index contributed by atoms with van der Waals surface area (Å²) >= 11 is 2.85. The molecule has 3 N–H and O–H groups in total. The zero-order chi connectivity index (χ0) is 22.2. The highest BCUT2D eigenvalue weighted by Crippen LogP contribution is 2.31. The fraction of sp³-hybridized carbons (Fsp3) is 0.304. The predicted molar refractivity (Wildman–Crippen MR) is 131 cm³/mol. The van der Waals surface area contributed by atoms with Gasteiger partial charge in [-0.25, -0.2) is 4.98 Å². The molecule has 6 nitrogen and oxygen atoms in total. The Kier molecular flexibility index (Phi) is 8.34. The van der Waals surface area contributed by atoms with Gasteiger partial charge in [-0.05, 0) is 55.7 Å². The van der Waals surface area contributed by atoms with Gasteiger partial charge >= 0.3 is 0 Å². The highest BCUT2D eigenvalue weighted by atomic mass is 32.2. The van der Waals surface area contributed by atoms with Gasteiger partial charge in [-0.3, -0.25) is 4.79 Å². The number of benzene rings is 2. The number of carbonyl (C=O) groups excluding carboxylic acids is 1. The zero-order valence-corrected chi connectivity index (χ0v) is 19.7. The third-order valence-corrected chi connectivity index (χ3v) is 6.58. The second kappa shape index (κ2) is 11.2. The normalized spacial score (nSPS) is 11.0. The maximum Gasteiger partial charge on any atom is 0.206 e. The Bertz CT molecular complexity index is 1000. The molecule has 3 rings (SSSR count). The Morgan fingerprint density at radius 1 is 1.19 bits per heavy atom. The summed E-state index contributed by atoms with van der Waals surface area (Å²) in [7, 11) is 0. The molecule has 3 aromatic rings. The number of nitrogens with zero attached hydrogens (tertiary/aromatic N) is 2. The number of likely N-dealkylation sites (N-methyl/N-ethyl adjacent to an activating group) is 1. The minimum absolute atomic E-state index is 0.115. The van der Waals surface area contributed by atoms with Crippen molar-refractivity contribution in [3.8, 4) is 5.75 Å². The molecule has 0 fully saturated rings. The van der Waals surface area contributed by atoms with Crippen molar-refractivity contribution in [3.05, 3.63) is 59.0 Å². The molecule has 2 aromatic carbocycles. The lowest BCUT2D eigenvalue weighted by molar-refractivity contribution is 0.104. The number of carbonyl (C=O) groups is 1. The number of thiazole rings is 1. The van der Waals surface area contributed by atoms with Crippen LogP contribution in [0.15, 0.2) is 53.4 Å². The van der Waals surface area contributed by atoms with Crippen molar-refractivity contribution in [2.75, 3.05) is 43.5 Å². The van der Waals surface area contributed by atoms with Crippen LogP contribution in [0.2, 0.25) is 0 Å². The molecule has 1 heterocycles. The van der Waals surface area contributed by atoms with Crippen LogP contribution in [-0.4, -0.2) is 48.2 Å². The molecule has 0 saturated carbocycles. The minimum Gasteiger partial charge on any atom is -0.492 e. The Morgan fingerprint density at radius 3 is 2.61 bits per heavy atom. The summed E-state index contributed by atoms with van der Waals surface area (Å²) in [6.45, 7) is 7.90. The zero-order valence-electron chi connectivity index (χ0n) is 18.1. The summed E-state index contributed by atoms with van der Waals surface area (Å²) in [4.78, 5) is 21.0. The van der Waals surface area contributed by atoms with Crippen LogP contribution in [-0.2, 0) is 0 Å². The number of nitrogens with one attached hydrogen (secondary N) is 1. The molecule has 1 aromatic heterocycles. The quantitative estimate of drug-likeness (QED) is 0.305. The van der Waals surface area contributed by atoms with Crippen LogP contribution in [0.4, 0.5) is 16.6 Å². The largest absolute Gasteiger partial charge is 0.492 e. The lowest BCUT2D eigenvalue weighted by Crippen LogP contribution is -2.27. The van der Waals surface area contributed by atoms with Crippen molar-refractivity contribution < 1.29 is 9.53 Å². The first kappa shape index (κ1) is 23.1. The molecule has 0 amide bonds. The Labute approximate surface area is 191 Å². The first-order valence-corrected chi connectivity index (χ1v) is 12.3. The van der Waals surface area contributed by atoms with Gasteiger partial charge in [0.1, 0.15) is 23.1 Å². The average Bonchev–Trinajstić information content (AvgIpc) is 3.17. The van der Waals surface area contributed by atoms with Crippen LogP contribution < -0.4 is 15.8 Å². The summed E-state index contributed by atoms with van der Waals surface area (Å²) in [6, 6.07) is 15.2. The van der Waals surface area contributed by atoms with Crippen molar-refractivity contribution in [1.82, 2.24) is 9.88 Å². The van der Waals surface area contributed by atoms with Crippen LogP contribution in [0.3, 0.4) is 0 Å². The molecule has 0 radical (unpaired) electrons. The van der Waals surface area contributed by atoms with Gasteiger partial charge in [-0.1, -0.05) is 37.3 Å². The number of ketones is 1. The number of nitrogens with two attached hydrogens (primary N) is 1. The van der Waals surface area contributed by atoms with E-state index in [1.165, 1.54) is 11.3 Å². The number of nitrogen functional groups attached to an aromatic ring is 1. The van der Waals surface area contributed by atoms with Gasteiger partial charge in [0, 0.05) is 22.7 Å². The van der Waals surface area contributed by atoms with Gasteiger partial charge in [0.15, 0.2) is 5.13 Å². The first-order valence-electron chi connectivity index (χ1n) is 10.2. The van der Waals surface area contributed by atoms with E-state index in [2.05, 4.69) is 29.0 Å². The maximum absolute atomic E-state index is 12.9. The Hall–Kier alpha value is -2.55. The standard InChI is InChI=1S/C23H28N4O2S2/c1-4-27(5-2)13-14-29-18-11-9-17(10-12-18)25-23-26-22(24)21(31-23)20(28)16-7-6-8-19(15-16)30-3/h6-12,15H,4-5,13-14,24H2,1-3H3,(H,25,26). The Morgan fingerprint density at radius 2 is 1.94 bits per heavy atom. The molecular formula is C23H28N4O2S2. The average molecular weight is 457 g/mol. The number of aromatic nitrogens is 1. The van der Waals surface area contributed by atoms with Gasteiger partial charge < -0.3 is 20.7 Å². The topological polar surface area (TPSA) is 80.5 Å².